The minimum Gasteiger partial charge on any atom is -0.496 e. The molecule has 0 bridgehead atoms. The Kier molecular flexibility index (Phi) is 21.3. The number of rotatable bonds is 10. The van der Waals surface area contributed by atoms with Crippen LogP contribution in [0, 0.1) is 41.5 Å². The molecule has 1 atom stereocenters. The Morgan fingerprint density at radius 2 is 0.795 bits per heavy atom. The van der Waals surface area contributed by atoms with Crippen molar-refractivity contribution < 1.29 is 55.8 Å². The Bertz CT molecular complexity index is 8570. The first-order chi connectivity index (χ1) is 64.3. The summed E-state index contributed by atoms with van der Waals surface area (Å²) in [6, 6.07) is 75.1. The maximum Gasteiger partial charge on any atom is 0.375 e. The van der Waals surface area contributed by atoms with Crippen LogP contribution in [0.15, 0.2) is 305 Å². The summed E-state index contributed by atoms with van der Waals surface area (Å²) in [5.41, 5.74) is 29.1. The summed E-state index contributed by atoms with van der Waals surface area (Å²) in [4.78, 5) is 9.40. The van der Waals surface area contributed by atoms with Crippen LogP contribution in [0.4, 0.5) is 0 Å². The van der Waals surface area contributed by atoms with Crippen LogP contribution < -0.4 is 51.3 Å². The molecular formula is C107H105N19O6+6. The van der Waals surface area contributed by atoms with Crippen molar-refractivity contribution in [3.8, 4) is 62.9 Å². The first-order valence-electron chi connectivity index (χ1n) is 43.9. The first-order valence-corrected chi connectivity index (χ1v) is 43.9. The van der Waals surface area contributed by atoms with Crippen molar-refractivity contribution in [3.63, 3.8) is 0 Å². The number of imidazole rings is 11. The van der Waals surface area contributed by atoms with Crippen LogP contribution in [-0.2, 0) is 35.2 Å². The molecule has 23 aromatic rings. The van der Waals surface area contributed by atoms with Gasteiger partial charge in [0.1, 0.15) is 170 Å². The molecule has 0 radical (unpaired) electrons. The lowest BCUT2D eigenvalue weighted by Crippen LogP contribution is -2.29. The van der Waals surface area contributed by atoms with Crippen LogP contribution in [0.5, 0.6) is 34.5 Å². The van der Waals surface area contributed by atoms with Crippen LogP contribution in [0.25, 0.3) is 129 Å². The summed E-state index contributed by atoms with van der Waals surface area (Å²) >= 11 is 0. The van der Waals surface area contributed by atoms with Gasteiger partial charge in [0.05, 0.1) is 123 Å². The fraction of sp³-hybridized carbons (Fsp3) is 0.178. The maximum absolute atomic E-state index is 5.57. The van der Waals surface area contributed by atoms with Crippen molar-refractivity contribution in [1.29, 1.82) is 0 Å². The summed E-state index contributed by atoms with van der Waals surface area (Å²) in [7, 11) is 22.8. The fourth-order valence-electron chi connectivity index (χ4n) is 19.9. The lowest BCUT2D eigenvalue weighted by Gasteiger charge is -2.23. The second-order valence-electron chi connectivity index (χ2n) is 33.4. The Balaban J connectivity index is 0.0000000991. The van der Waals surface area contributed by atoms with Gasteiger partial charge in [0.15, 0.2) is 6.20 Å². The molecule has 0 aliphatic carbocycles. The van der Waals surface area contributed by atoms with E-state index in [1.807, 2.05) is 98.7 Å². The summed E-state index contributed by atoms with van der Waals surface area (Å²) < 4.78 is 70.4. The maximum atomic E-state index is 5.57. The van der Waals surface area contributed by atoms with Gasteiger partial charge in [0.2, 0.25) is 5.71 Å². The lowest BCUT2D eigenvalue weighted by atomic mass is 9.88. The summed E-state index contributed by atoms with van der Waals surface area (Å²) in [5.74, 6) is 12.2. The van der Waals surface area contributed by atoms with Crippen LogP contribution >= 0.6 is 0 Å². The van der Waals surface area contributed by atoms with E-state index in [9.17, 15) is 0 Å². The zero-order valence-electron chi connectivity index (χ0n) is 77.4. The van der Waals surface area contributed by atoms with Gasteiger partial charge in [0, 0.05) is 51.9 Å². The molecule has 25 rings (SSSR count). The second-order valence-corrected chi connectivity index (χ2v) is 33.4. The quantitative estimate of drug-likeness (QED) is 0.123. The zero-order chi connectivity index (χ0) is 91.3. The molecule has 0 N–H and O–H groups in total. The van der Waals surface area contributed by atoms with Crippen molar-refractivity contribution in [3.05, 3.63) is 350 Å². The SMILES string of the molecule is COc1ccc2c(c1C)C1=[N+](C)C=CC1c1nccn1-2.COc1ccc2c(c1C)c1n(cc[n+]1C)c1nc3ccccc3n21.COc1cccc(-n2c3ccccc3n3c4ccccc4[n+](C)c23)c1C.COc1cccc(-n2c3ccccc3n3cc[n+](C)c23)c1C.COc1cccc(-n2ccn3c4ccccc4[n+](C)c23)c1C.COc1cccc(-n2ccn3cc[n+](C)c23)c1C. The van der Waals surface area contributed by atoms with Gasteiger partial charge in [-0.1, -0.05) is 84.9 Å². The molecule has 2 aliphatic heterocycles. The monoisotopic (exact) mass is 1750 g/mol. The molecule has 25 nitrogen and oxygen atoms in total. The number of para-hydroxylation sites is 10. The molecule has 0 saturated carbocycles. The fourth-order valence-corrected chi connectivity index (χ4v) is 19.9. The number of ether oxygens (including phenoxy) is 6. The Hall–Kier alpha value is -16.4. The third-order valence-electron chi connectivity index (χ3n) is 26.3. The number of nitrogens with zero attached hydrogens (tertiary/aromatic N) is 19. The third-order valence-corrected chi connectivity index (χ3v) is 26.3. The summed E-state index contributed by atoms with van der Waals surface area (Å²) in [6.07, 6.45) is 28.9. The Labute approximate surface area is 762 Å². The minimum atomic E-state index is 0.230. The molecule has 25 heteroatoms. The van der Waals surface area contributed by atoms with Crippen LogP contribution in [0.2, 0.25) is 0 Å². The van der Waals surface area contributed by atoms with Gasteiger partial charge in [-0.3, -0.25) is 4.40 Å². The predicted octanol–water partition coefficient (Wildman–Crippen LogP) is 17.4. The van der Waals surface area contributed by atoms with Crippen LogP contribution in [0.1, 0.15) is 50.7 Å². The number of aromatic nitrogens is 18. The van der Waals surface area contributed by atoms with E-state index in [0.717, 1.165) is 142 Å². The van der Waals surface area contributed by atoms with E-state index in [1.54, 1.807) is 42.7 Å². The third kappa shape index (κ3) is 13.3. The van der Waals surface area contributed by atoms with Crippen LogP contribution in [-0.4, -0.2) is 119 Å². The number of aryl methyl sites for hydroxylation is 6. The van der Waals surface area contributed by atoms with Crippen LogP contribution in [0.3, 0.4) is 0 Å². The highest BCUT2D eigenvalue weighted by Crippen LogP contribution is 2.41. The Morgan fingerprint density at radius 3 is 1.43 bits per heavy atom. The molecule has 2 aliphatic rings. The van der Waals surface area contributed by atoms with E-state index in [1.165, 1.54) is 72.0 Å². The van der Waals surface area contributed by atoms with Gasteiger partial charge in [-0.05, 0) is 175 Å². The molecule has 0 fully saturated rings. The van der Waals surface area contributed by atoms with Gasteiger partial charge < -0.3 is 33.0 Å². The molecule has 1 unspecified atom stereocenters. The minimum absolute atomic E-state index is 0.230. The van der Waals surface area contributed by atoms with Crippen molar-refractivity contribution in [1.82, 2.24) is 59.2 Å². The average molecular weight is 1750 g/mol. The van der Waals surface area contributed by atoms with E-state index in [2.05, 4.69) is 372 Å². The van der Waals surface area contributed by atoms with Crippen molar-refractivity contribution in [2.75, 3.05) is 49.7 Å². The number of hydrogen-bond acceptors (Lipinski definition) is 8. The largest absolute Gasteiger partial charge is 0.496 e. The number of methoxy groups -OCH3 is 6. The van der Waals surface area contributed by atoms with E-state index < -0.39 is 0 Å². The smallest absolute Gasteiger partial charge is 0.375 e. The van der Waals surface area contributed by atoms with Gasteiger partial charge in [-0.2, -0.15) is 31.7 Å². The molecule has 0 saturated heterocycles. The van der Waals surface area contributed by atoms with E-state index in [0.29, 0.717) is 0 Å². The van der Waals surface area contributed by atoms with E-state index >= 15 is 0 Å². The van der Waals surface area contributed by atoms with Gasteiger partial charge >= 0.3 is 28.9 Å². The normalized spacial score (nSPS) is 12.6. The summed E-state index contributed by atoms with van der Waals surface area (Å²) in [6.45, 7) is 12.6. The molecule has 658 valence electrons. The highest BCUT2D eigenvalue weighted by atomic mass is 16.5. The number of benzene rings is 11. The molecule has 14 heterocycles. The second kappa shape index (κ2) is 33.6. The topological polar surface area (TPSA) is 155 Å². The average Bonchev–Trinajstić information content (AvgIpc) is 1.54. The highest BCUT2D eigenvalue weighted by molar-refractivity contribution is 6.09. The Morgan fingerprint density at radius 1 is 0.326 bits per heavy atom. The van der Waals surface area contributed by atoms with E-state index in [-0.39, 0.29) is 5.92 Å². The van der Waals surface area contributed by atoms with E-state index in [4.69, 9.17) is 33.4 Å². The summed E-state index contributed by atoms with van der Waals surface area (Å²) in [5, 5.41) is 1.18. The first kappa shape index (κ1) is 83.8. The van der Waals surface area contributed by atoms with Crippen molar-refractivity contribution in [2.45, 2.75) is 47.5 Å². The van der Waals surface area contributed by atoms with Gasteiger partial charge in [0.25, 0.3) is 5.65 Å². The molecule has 12 aromatic heterocycles. The highest BCUT2D eigenvalue weighted by Gasteiger charge is 2.41. The zero-order valence-corrected chi connectivity index (χ0v) is 77.4. The molecular weight excluding hydrogens is 1650 g/mol. The number of allylic oxidation sites excluding steroid dienone is 1. The molecule has 132 heavy (non-hydrogen) atoms. The standard InChI is InChI=1S/C22H20N3O.C19H17N4O.2C18H18N3O.C16H16N3O.C14H16N3O/c1-15-16(13-8-14-21(15)26-3)24-19-11-6-7-12-20(19)25-18-10-5-4-9-17(18)23(2)22(24)25;1-12-16(24-3)9-8-15-17(12)18-21(2)10-11-22(18)19-20-13-6-4-5-7-14(13)23(15)19;1-13-14(9-6-10-17(13)22-3)20-11-12-21-16-8-5-4-7-15(16)19(2)18(20)21;1-13-14(9-6-10-17(13)22-3)21-16-8-5-4-7-15(16)20-12-11-19(2)18(20)21;1-10-13(20-3)5-4-12-14(10)15-11(6-8-18(15)2)16-17-7-9-19(12)16;1-11-12(5-4-6-13(11)18-3)17-10-9-16-8-7-15(2)14(16)17/h4-14H,1-3H3;4-11H,1-3H3;2*4-12H,1-3H3;4-9,11H,1-3H3;4-10H,1-3H3/q6*+1. The van der Waals surface area contributed by atoms with Gasteiger partial charge in [-0.25, -0.2) is 45.9 Å². The number of hydrogen-bond donors (Lipinski definition) is 0. The molecule has 11 aromatic carbocycles. The predicted molar refractivity (Wildman–Crippen MR) is 517 cm³/mol. The van der Waals surface area contributed by atoms with Gasteiger partial charge in [-0.15, -0.1) is 0 Å². The molecule has 0 spiro atoms. The number of fused-ring (bicyclic) bond motifs is 26. The van der Waals surface area contributed by atoms with Crippen molar-refractivity contribution >= 4 is 106 Å². The lowest BCUT2D eigenvalue weighted by molar-refractivity contribution is -0.647. The molecule has 0 amide bonds. The van der Waals surface area contributed by atoms with Crippen molar-refractivity contribution in [2.24, 2.45) is 35.2 Å².